The Labute approximate surface area is 162 Å². The molecule has 0 spiro atoms. The second-order valence-corrected chi connectivity index (χ2v) is 7.66. The first kappa shape index (κ1) is 18.6. The fraction of sp³-hybridized carbons (Fsp3) is 0.118. The number of rotatable bonds is 7. The second-order valence-electron chi connectivity index (χ2n) is 5.06. The molecule has 0 fully saturated rings. The lowest BCUT2D eigenvalue weighted by Gasteiger charge is -2.06. The van der Waals surface area contributed by atoms with Crippen LogP contribution in [0.15, 0.2) is 52.9 Å². The fourth-order valence-corrected chi connectivity index (χ4v) is 3.82. The second kappa shape index (κ2) is 8.98. The Morgan fingerprint density at radius 3 is 2.73 bits per heavy atom. The average Bonchev–Trinajstić information content (AvgIpc) is 3.08. The molecular weight excluding hydrogens is 397 g/mol. The maximum absolute atomic E-state index is 12.9. The van der Waals surface area contributed by atoms with Crippen molar-refractivity contribution in [1.82, 2.24) is 10.2 Å². The smallest absolute Gasteiger partial charge is 0.264 e. The maximum atomic E-state index is 12.9. The molecule has 0 saturated heterocycles. The molecule has 1 amide bonds. The Morgan fingerprint density at radius 1 is 1.19 bits per heavy atom. The molecule has 3 aromatic rings. The number of thioether (sulfide) groups is 1. The minimum Gasteiger partial charge on any atom is -0.482 e. The van der Waals surface area contributed by atoms with E-state index in [-0.39, 0.29) is 18.3 Å². The summed E-state index contributed by atoms with van der Waals surface area (Å²) in [6.45, 7) is -0.179. The number of anilines is 1. The van der Waals surface area contributed by atoms with Gasteiger partial charge in [-0.15, -0.1) is 10.2 Å². The summed E-state index contributed by atoms with van der Waals surface area (Å²) in [4.78, 5) is 11.9. The van der Waals surface area contributed by atoms with E-state index in [0.717, 1.165) is 5.56 Å². The standard InChI is InChI=1S/C17H13ClFN3O2S2/c18-13-3-1-2-4-14(13)24-9-15(23)20-16-21-22-17(26-16)25-10-11-5-7-12(19)8-6-11/h1-8H,9-10H2,(H,20,21,23). The predicted molar refractivity (Wildman–Crippen MR) is 101 cm³/mol. The van der Waals surface area contributed by atoms with Gasteiger partial charge in [0.2, 0.25) is 5.13 Å². The first-order valence-corrected chi connectivity index (χ1v) is 9.66. The van der Waals surface area contributed by atoms with E-state index in [0.29, 0.717) is 26.0 Å². The highest BCUT2D eigenvalue weighted by Crippen LogP contribution is 2.28. The van der Waals surface area contributed by atoms with Gasteiger partial charge in [0.15, 0.2) is 10.9 Å². The van der Waals surface area contributed by atoms with Crippen LogP contribution < -0.4 is 10.1 Å². The lowest BCUT2D eigenvalue weighted by Crippen LogP contribution is -2.20. The number of carbonyl (C=O) groups is 1. The Balaban J connectivity index is 1.47. The molecule has 0 radical (unpaired) electrons. The van der Waals surface area contributed by atoms with Crippen molar-refractivity contribution < 1.29 is 13.9 Å². The molecule has 0 unspecified atom stereocenters. The molecular formula is C17H13ClFN3O2S2. The molecule has 0 aliphatic heterocycles. The Bertz CT molecular complexity index is 890. The molecule has 9 heteroatoms. The summed E-state index contributed by atoms with van der Waals surface area (Å²) in [6.07, 6.45) is 0. The van der Waals surface area contributed by atoms with Crippen LogP contribution in [0, 0.1) is 5.82 Å². The zero-order valence-electron chi connectivity index (χ0n) is 13.3. The Hall–Kier alpha value is -2.16. The van der Waals surface area contributed by atoms with Crippen LogP contribution in [-0.4, -0.2) is 22.7 Å². The van der Waals surface area contributed by atoms with Crippen LogP contribution in [0.1, 0.15) is 5.56 Å². The van der Waals surface area contributed by atoms with E-state index in [2.05, 4.69) is 15.5 Å². The van der Waals surface area contributed by atoms with Crippen LogP contribution in [0.2, 0.25) is 5.02 Å². The van der Waals surface area contributed by atoms with Crippen LogP contribution >= 0.6 is 34.7 Å². The van der Waals surface area contributed by atoms with Crippen LogP contribution in [0.5, 0.6) is 5.75 Å². The molecule has 0 aliphatic carbocycles. The SMILES string of the molecule is O=C(COc1ccccc1Cl)Nc1nnc(SCc2ccc(F)cc2)s1. The molecule has 0 saturated carbocycles. The molecule has 2 aromatic carbocycles. The molecule has 0 bridgehead atoms. The van der Waals surface area contributed by atoms with Crippen LogP contribution in [0.4, 0.5) is 9.52 Å². The summed E-state index contributed by atoms with van der Waals surface area (Å²) in [5.41, 5.74) is 0.977. The summed E-state index contributed by atoms with van der Waals surface area (Å²) in [5.74, 6) is 0.463. The van der Waals surface area contributed by atoms with Crippen molar-refractivity contribution >= 4 is 45.7 Å². The summed E-state index contributed by atoms with van der Waals surface area (Å²) in [7, 11) is 0. The summed E-state index contributed by atoms with van der Waals surface area (Å²) in [5, 5.41) is 11.4. The fourth-order valence-electron chi connectivity index (χ4n) is 1.90. The highest BCUT2D eigenvalue weighted by Gasteiger charge is 2.10. The number of nitrogens with zero attached hydrogens (tertiary/aromatic N) is 2. The van der Waals surface area contributed by atoms with E-state index >= 15 is 0 Å². The van der Waals surface area contributed by atoms with Gasteiger partial charge in [-0.2, -0.15) is 0 Å². The van der Waals surface area contributed by atoms with Crippen LogP contribution in [0.25, 0.3) is 0 Å². The van der Waals surface area contributed by atoms with Crippen molar-refractivity contribution in [3.63, 3.8) is 0 Å². The lowest BCUT2D eigenvalue weighted by molar-refractivity contribution is -0.118. The molecule has 134 valence electrons. The largest absolute Gasteiger partial charge is 0.482 e. The summed E-state index contributed by atoms with van der Waals surface area (Å²) >= 11 is 8.69. The van der Waals surface area contributed by atoms with Gasteiger partial charge in [0.25, 0.3) is 5.91 Å². The van der Waals surface area contributed by atoms with Crippen molar-refractivity contribution in [3.8, 4) is 5.75 Å². The predicted octanol–water partition coefficient (Wildman–Crippen LogP) is 4.64. The molecule has 1 aromatic heterocycles. The van der Waals surface area contributed by atoms with E-state index in [1.54, 1.807) is 36.4 Å². The normalized spacial score (nSPS) is 10.5. The number of amides is 1. The first-order valence-electron chi connectivity index (χ1n) is 7.48. The molecule has 3 rings (SSSR count). The van der Waals surface area contributed by atoms with Crippen molar-refractivity contribution in [3.05, 3.63) is 64.9 Å². The monoisotopic (exact) mass is 409 g/mol. The highest BCUT2D eigenvalue weighted by molar-refractivity contribution is 8.00. The number of benzene rings is 2. The van der Waals surface area contributed by atoms with Gasteiger partial charge in [-0.05, 0) is 29.8 Å². The molecule has 1 heterocycles. The third kappa shape index (κ3) is 5.42. The number of para-hydroxylation sites is 1. The molecule has 26 heavy (non-hydrogen) atoms. The zero-order chi connectivity index (χ0) is 18.4. The lowest BCUT2D eigenvalue weighted by atomic mass is 10.2. The molecule has 5 nitrogen and oxygen atoms in total. The number of halogens is 2. The molecule has 1 N–H and O–H groups in total. The number of ether oxygens (including phenoxy) is 1. The molecule has 0 atom stereocenters. The van der Waals surface area contributed by atoms with E-state index in [4.69, 9.17) is 16.3 Å². The zero-order valence-corrected chi connectivity index (χ0v) is 15.7. The number of nitrogens with one attached hydrogen (secondary N) is 1. The van der Waals surface area contributed by atoms with E-state index in [1.165, 1.54) is 35.2 Å². The Morgan fingerprint density at radius 2 is 1.96 bits per heavy atom. The van der Waals surface area contributed by atoms with Crippen molar-refractivity contribution in [2.24, 2.45) is 0 Å². The van der Waals surface area contributed by atoms with Crippen LogP contribution in [-0.2, 0) is 10.5 Å². The average molecular weight is 410 g/mol. The minimum atomic E-state index is -0.351. The van der Waals surface area contributed by atoms with Gasteiger partial charge in [0.1, 0.15) is 11.6 Å². The van der Waals surface area contributed by atoms with E-state index in [1.807, 2.05) is 0 Å². The van der Waals surface area contributed by atoms with Gasteiger partial charge in [-0.1, -0.05) is 59.0 Å². The van der Waals surface area contributed by atoms with Crippen molar-refractivity contribution in [2.75, 3.05) is 11.9 Å². The number of hydrogen-bond donors (Lipinski definition) is 1. The van der Waals surface area contributed by atoms with Crippen molar-refractivity contribution in [2.45, 2.75) is 10.1 Å². The summed E-state index contributed by atoms with van der Waals surface area (Å²) in [6, 6.07) is 13.2. The Kier molecular flexibility index (Phi) is 6.43. The number of aromatic nitrogens is 2. The third-order valence-corrected chi connectivity index (χ3v) is 5.48. The van der Waals surface area contributed by atoms with E-state index in [9.17, 15) is 9.18 Å². The maximum Gasteiger partial charge on any atom is 0.264 e. The van der Waals surface area contributed by atoms with Gasteiger partial charge >= 0.3 is 0 Å². The van der Waals surface area contributed by atoms with E-state index < -0.39 is 0 Å². The number of hydrogen-bond acceptors (Lipinski definition) is 6. The first-order chi connectivity index (χ1) is 12.6. The van der Waals surface area contributed by atoms with Gasteiger partial charge < -0.3 is 4.74 Å². The van der Waals surface area contributed by atoms with Gasteiger partial charge in [-0.3, -0.25) is 10.1 Å². The number of carbonyl (C=O) groups excluding carboxylic acids is 1. The minimum absolute atomic E-state index is 0.179. The highest BCUT2D eigenvalue weighted by atomic mass is 35.5. The summed E-state index contributed by atoms with van der Waals surface area (Å²) < 4.78 is 19.0. The quantitative estimate of drug-likeness (QED) is 0.455. The van der Waals surface area contributed by atoms with Crippen LogP contribution in [0.3, 0.4) is 0 Å². The van der Waals surface area contributed by atoms with Gasteiger partial charge in [-0.25, -0.2) is 4.39 Å². The van der Waals surface area contributed by atoms with Gasteiger partial charge in [0.05, 0.1) is 5.02 Å². The third-order valence-electron chi connectivity index (χ3n) is 3.12. The molecule has 0 aliphatic rings. The topological polar surface area (TPSA) is 64.1 Å². The van der Waals surface area contributed by atoms with Gasteiger partial charge in [0, 0.05) is 5.75 Å². The van der Waals surface area contributed by atoms with Crippen molar-refractivity contribution in [1.29, 1.82) is 0 Å².